The minimum absolute atomic E-state index is 0.251. The van der Waals surface area contributed by atoms with Gasteiger partial charge in [-0.1, -0.05) is 6.07 Å². The topological polar surface area (TPSA) is 72.6 Å². The molecule has 0 spiro atoms. The molecule has 20 heavy (non-hydrogen) atoms. The lowest BCUT2D eigenvalue weighted by Crippen LogP contribution is -2.30. The van der Waals surface area contributed by atoms with Crippen molar-refractivity contribution in [2.24, 2.45) is 11.7 Å². The third-order valence-corrected chi connectivity index (χ3v) is 5.84. The predicted octanol–water partition coefficient (Wildman–Crippen LogP) is 1.28. The van der Waals surface area contributed by atoms with Crippen LogP contribution in [0.5, 0.6) is 5.75 Å². The third-order valence-electron chi connectivity index (χ3n) is 3.78. The fourth-order valence-electron chi connectivity index (χ4n) is 2.73. The largest absolute Gasteiger partial charge is 0.495 e. The number of nitrogens with two attached hydrogens (primary N) is 1. The number of sulfonamides is 1. The Hall–Kier alpha value is -1.11. The molecule has 1 unspecified atom stereocenters. The van der Waals surface area contributed by atoms with E-state index < -0.39 is 10.0 Å². The number of hydrogen-bond donors (Lipinski definition) is 1. The molecular weight excluding hydrogens is 276 g/mol. The molecule has 6 heteroatoms. The lowest BCUT2D eigenvalue weighted by Gasteiger charge is -2.20. The van der Waals surface area contributed by atoms with E-state index in [-0.39, 0.29) is 10.8 Å². The van der Waals surface area contributed by atoms with Crippen molar-refractivity contribution in [2.75, 3.05) is 26.7 Å². The first-order valence-corrected chi connectivity index (χ1v) is 8.19. The van der Waals surface area contributed by atoms with Gasteiger partial charge < -0.3 is 10.5 Å². The van der Waals surface area contributed by atoms with E-state index in [1.54, 1.807) is 13.0 Å². The second-order valence-electron chi connectivity index (χ2n) is 5.37. The van der Waals surface area contributed by atoms with Gasteiger partial charge in [0.2, 0.25) is 10.0 Å². The van der Waals surface area contributed by atoms with Crippen LogP contribution in [0.2, 0.25) is 0 Å². The van der Waals surface area contributed by atoms with E-state index in [1.807, 2.05) is 13.0 Å². The Kier molecular flexibility index (Phi) is 4.36. The van der Waals surface area contributed by atoms with E-state index in [1.165, 1.54) is 11.4 Å². The van der Waals surface area contributed by atoms with Gasteiger partial charge in [-0.25, -0.2) is 8.42 Å². The van der Waals surface area contributed by atoms with Crippen LogP contribution in [0.15, 0.2) is 17.0 Å². The average molecular weight is 298 g/mol. The van der Waals surface area contributed by atoms with E-state index >= 15 is 0 Å². The summed E-state index contributed by atoms with van der Waals surface area (Å²) in [6, 6.07) is 3.63. The Morgan fingerprint density at radius 2 is 2.10 bits per heavy atom. The highest BCUT2D eigenvalue weighted by Crippen LogP contribution is 2.33. The van der Waals surface area contributed by atoms with Crippen LogP contribution < -0.4 is 10.5 Å². The van der Waals surface area contributed by atoms with Crippen molar-refractivity contribution in [3.63, 3.8) is 0 Å². The van der Waals surface area contributed by atoms with Gasteiger partial charge in [0.05, 0.1) is 7.11 Å². The number of methoxy groups -OCH3 is 1. The van der Waals surface area contributed by atoms with Crippen molar-refractivity contribution in [1.82, 2.24) is 4.31 Å². The minimum atomic E-state index is -3.52. The molecule has 1 aromatic rings. The number of ether oxygens (including phenoxy) is 1. The van der Waals surface area contributed by atoms with Crippen LogP contribution in [-0.2, 0) is 10.0 Å². The highest BCUT2D eigenvalue weighted by molar-refractivity contribution is 7.89. The quantitative estimate of drug-likeness (QED) is 0.909. The van der Waals surface area contributed by atoms with Gasteiger partial charge in [0, 0.05) is 13.1 Å². The Balaban J connectivity index is 2.45. The van der Waals surface area contributed by atoms with Crippen LogP contribution in [-0.4, -0.2) is 39.5 Å². The van der Waals surface area contributed by atoms with Crippen molar-refractivity contribution >= 4 is 10.0 Å². The molecule has 0 aromatic heterocycles. The van der Waals surface area contributed by atoms with Crippen LogP contribution in [0, 0.1) is 19.8 Å². The molecule has 1 saturated heterocycles. The van der Waals surface area contributed by atoms with Crippen LogP contribution >= 0.6 is 0 Å². The van der Waals surface area contributed by atoms with Gasteiger partial charge in [0.25, 0.3) is 0 Å². The van der Waals surface area contributed by atoms with Gasteiger partial charge in [-0.05, 0) is 49.9 Å². The maximum Gasteiger partial charge on any atom is 0.247 e. The van der Waals surface area contributed by atoms with E-state index in [9.17, 15) is 8.42 Å². The SMILES string of the molecule is COc1cc(C)cc(C)c1S(=O)(=O)N1CCC(CN)C1. The van der Waals surface area contributed by atoms with Gasteiger partial charge in [-0.3, -0.25) is 0 Å². The molecule has 1 aliphatic heterocycles. The molecule has 1 fully saturated rings. The molecule has 0 aliphatic carbocycles. The monoisotopic (exact) mass is 298 g/mol. The molecule has 2 rings (SSSR count). The van der Waals surface area contributed by atoms with Crippen molar-refractivity contribution in [2.45, 2.75) is 25.2 Å². The molecule has 0 saturated carbocycles. The Labute approximate surface area is 120 Å². The van der Waals surface area contributed by atoms with E-state index in [0.29, 0.717) is 25.4 Å². The number of benzene rings is 1. The summed E-state index contributed by atoms with van der Waals surface area (Å²) in [5, 5.41) is 0. The normalized spacial score (nSPS) is 20.3. The lowest BCUT2D eigenvalue weighted by molar-refractivity contribution is 0.396. The number of nitrogens with zero attached hydrogens (tertiary/aromatic N) is 1. The van der Waals surface area contributed by atoms with Gasteiger partial charge >= 0.3 is 0 Å². The summed E-state index contributed by atoms with van der Waals surface area (Å²) in [6.45, 7) is 5.27. The maximum atomic E-state index is 12.8. The van der Waals surface area contributed by atoms with Gasteiger partial charge in [-0.2, -0.15) is 4.31 Å². The van der Waals surface area contributed by atoms with Gasteiger partial charge in [0.15, 0.2) is 0 Å². The first-order valence-electron chi connectivity index (χ1n) is 6.75. The highest BCUT2D eigenvalue weighted by Gasteiger charge is 2.34. The average Bonchev–Trinajstić information content (AvgIpc) is 2.86. The Morgan fingerprint density at radius 1 is 1.40 bits per heavy atom. The first-order chi connectivity index (χ1) is 9.40. The van der Waals surface area contributed by atoms with E-state index in [4.69, 9.17) is 10.5 Å². The van der Waals surface area contributed by atoms with Crippen LogP contribution in [0.25, 0.3) is 0 Å². The standard InChI is InChI=1S/C14H22N2O3S/c1-10-6-11(2)14(13(7-10)19-3)20(17,18)16-5-4-12(8-15)9-16/h6-7,12H,4-5,8-9,15H2,1-3H3. The molecule has 1 atom stereocenters. The second-order valence-corrected chi connectivity index (χ2v) is 7.24. The summed E-state index contributed by atoms with van der Waals surface area (Å²) in [5.41, 5.74) is 7.34. The lowest BCUT2D eigenvalue weighted by atomic mass is 10.1. The van der Waals surface area contributed by atoms with Crippen molar-refractivity contribution in [3.8, 4) is 5.75 Å². The van der Waals surface area contributed by atoms with E-state index in [0.717, 1.165) is 17.5 Å². The van der Waals surface area contributed by atoms with Gasteiger partial charge in [0.1, 0.15) is 10.6 Å². The van der Waals surface area contributed by atoms with Gasteiger partial charge in [-0.15, -0.1) is 0 Å². The summed E-state index contributed by atoms with van der Waals surface area (Å²) in [5.74, 6) is 0.667. The summed E-state index contributed by atoms with van der Waals surface area (Å²) >= 11 is 0. The fourth-order valence-corrected chi connectivity index (χ4v) is 4.61. The molecule has 5 nitrogen and oxygen atoms in total. The zero-order valence-electron chi connectivity index (χ0n) is 12.2. The fraction of sp³-hybridized carbons (Fsp3) is 0.571. The maximum absolute atomic E-state index is 12.8. The smallest absolute Gasteiger partial charge is 0.247 e. The number of hydrogen-bond acceptors (Lipinski definition) is 4. The highest BCUT2D eigenvalue weighted by atomic mass is 32.2. The van der Waals surface area contributed by atoms with Crippen molar-refractivity contribution in [1.29, 1.82) is 0 Å². The van der Waals surface area contributed by atoms with Crippen molar-refractivity contribution < 1.29 is 13.2 Å². The summed E-state index contributed by atoms with van der Waals surface area (Å²) in [7, 11) is -2.02. The molecule has 1 heterocycles. The summed E-state index contributed by atoms with van der Waals surface area (Å²) < 4.78 is 32.4. The molecular formula is C14H22N2O3S. The molecule has 0 radical (unpaired) electrons. The Bertz CT molecular complexity index is 599. The van der Waals surface area contributed by atoms with E-state index in [2.05, 4.69) is 0 Å². The summed E-state index contributed by atoms with van der Waals surface area (Å²) in [6.07, 6.45) is 0.822. The molecule has 1 aromatic carbocycles. The second kappa shape index (κ2) is 5.71. The number of aryl methyl sites for hydroxylation is 2. The molecule has 0 bridgehead atoms. The Morgan fingerprint density at radius 3 is 2.65 bits per heavy atom. The van der Waals surface area contributed by atoms with Crippen molar-refractivity contribution in [3.05, 3.63) is 23.3 Å². The zero-order valence-corrected chi connectivity index (χ0v) is 13.0. The minimum Gasteiger partial charge on any atom is -0.495 e. The third kappa shape index (κ3) is 2.68. The zero-order chi connectivity index (χ0) is 14.9. The molecule has 1 aliphatic rings. The van der Waals surface area contributed by atoms with Crippen LogP contribution in [0.3, 0.4) is 0 Å². The van der Waals surface area contributed by atoms with Crippen LogP contribution in [0.1, 0.15) is 17.5 Å². The summed E-state index contributed by atoms with van der Waals surface area (Å²) in [4.78, 5) is 0.281. The number of rotatable bonds is 4. The first kappa shape index (κ1) is 15.3. The predicted molar refractivity (Wildman–Crippen MR) is 78.4 cm³/mol. The molecule has 112 valence electrons. The molecule has 0 amide bonds. The van der Waals surface area contributed by atoms with Crippen LogP contribution in [0.4, 0.5) is 0 Å². The molecule has 2 N–H and O–H groups in total.